The third kappa shape index (κ3) is 10.3. The van der Waals surface area contributed by atoms with Crippen LogP contribution in [0.3, 0.4) is 0 Å². The maximum atomic E-state index is 12.5. The molecule has 2 saturated heterocycles. The number of alkyl halides is 3. The van der Waals surface area contributed by atoms with Crippen molar-refractivity contribution < 1.29 is 22.8 Å². The topological polar surface area (TPSA) is 64.7 Å². The van der Waals surface area contributed by atoms with Crippen molar-refractivity contribution in [3.63, 3.8) is 0 Å². The minimum atomic E-state index is -4.28. The van der Waals surface area contributed by atoms with Crippen molar-refractivity contribution in [1.82, 2.24) is 20.4 Å². The Morgan fingerprint density at radius 2 is 1.52 bits per heavy atom. The van der Waals surface area contributed by atoms with Crippen molar-refractivity contribution in [3.05, 3.63) is 0 Å². The normalized spacial score (nSPS) is 20.5. The van der Waals surface area contributed by atoms with Crippen LogP contribution >= 0.6 is 0 Å². The van der Waals surface area contributed by atoms with Gasteiger partial charge in [0.15, 0.2) is 0 Å². The fraction of sp³-hybridized carbons (Fsp3) is 0.900. The molecule has 2 aliphatic heterocycles. The van der Waals surface area contributed by atoms with Gasteiger partial charge in [0.2, 0.25) is 11.8 Å². The highest BCUT2D eigenvalue weighted by Gasteiger charge is 2.42. The minimum absolute atomic E-state index is 0.172. The molecule has 2 fully saturated rings. The molecule has 0 aromatic heterocycles. The fourth-order valence-corrected chi connectivity index (χ4v) is 3.16. The van der Waals surface area contributed by atoms with Crippen molar-refractivity contribution in [1.29, 1.82) is 0 Å². The molecule has 0 spiro atoms. The molecule has 0 saturated carbocycles. The first kappa shape index (κ1) is 25.7. The predicted molar refractivity (Wildman–Crippen MR) is 107 cm³/mol. The molecule has 0 bridgehead atoms. The Morgan fingerprint density at radius 1 is 0.931 bits per heavy atom. The summed E-state index contributed by atoms with van der Waals surface area (Å²) in [6.07, 6.45) is -2.53. The van der Waals surface area contributed by atoms with E-state index >= 15 is 0 Å². The number of carbonyl (C=O) groups excluding carboxylic acids is 2. The molecular weight excluding hydrogens is 385 g/mol. The van der Waals surface area contributed by atoms with E-state index in [4.69, 9.17) is 0 Å². The highest BCUT2D eigenvalue weighted by molar-refractivity contribution is 5.76. The number of nitrogens with zero attached hydrogens (tertiary/aromatic N) is 2. The van der Waals surface area contributed by atoms with Crippen molar-refractivity contribution in [2.45, 2.75) is 59.2 Å². The van der Waals surface area contributed by atoms with Crippen LogP contribution < -0.4 is 10.6 Å². The summed E-state index contributed by atoms with van der Waals surface area (Å²) in [5.41, 5.74) is 0. The number of halogens is 3. The Balaban J connectivity index is 0.000000308. The Kier molecular flexibility index (Phi) is 11.0. The number of amides is 2. The molecule has 9 heteroatoms. The second-order valence-electron chi connectivity index (χ2n) is 8.55. The van der Waals surface area contributed by atoms with E-state index in [0.717, 1.165) is 32.6 Å². The van der Waals surface area contributed by atoms with E-state index in [2.05, 4.69) is 24.5 Å². The van der Waals surface area contributed by atoms with E-state index in [1.165, 1.54) is 4.90 Å². The van der Waals surface area contributed by atoms with Gasteiger partial charge >= 0.3 is 6.18 Å². The van der Waals surface area contributed by atoms with Gasteiger partial charge in [0.25, 0.3) is 0 Å². The lowest BCUT2D eigenvalue weighted by molar-refractivity contribution is -0.168. The Labute approximate surface area is 172 Å². The van der Waals surface area contributed by atoms with Gasteiger partial charge in [-0.15, -0.1) is 0 Å². The summed E-state index contributed by atoms with van der Waals surface area (Å²) in [6.45, 7) is 12.1. The van der Waals surface area contributed by atoms with E-state index in [9.17, 15) is 22.8 Å². The lowest BCUT2D eigenvalue weighted by atomic mass is 10.1. The molecule has 1 unspecified atom stereocenters. The molecule has 0 aromatic rings. The molecule has 0 aromatic carbocycles. The van der Waals surface area contributed by atoms with Gasteiger partial charge in [-0.3, -0.25) is 9.59 Å². The van der Waals surface area contributed by atoms with Crippen LogP contribution in [0.5, 0.6) is 0 Å². The molecule has 2 rings (SSSR count). The van der Waals surface area contributed by atoms with Crippen molar-refractivity contribution in [2.24, 2.45) is 11.8 Å². The van der Waals surface area contributed by atoms with Crippen LogP contribution in [-0.4, -0.2) is 79.6 Å². The van der Waals surface area contributed by atoms with Crippen LogP contribution in [-0.2, 0) is 9.59 Å². The molecule has 6 nitrogen and oxygen atoms in total. The van der Waals surface area contributed by atoms with Crippen LogP contribution in [0.4, 0.5) is 13.2 Å². The van der Waals surface area contributed by atoms with Gasteiger partial charge in [0.05, 0.1) is 0 Å². The second kappa shape index (κ2) is 12.4. The van der Waals surface area contributed by atoms with Gasteiger partial charge in [-0.2, -0.15) is 13.2 Å². The van der Waals surface area contributed by atoms with Gasteiger partial charge < -0.3 is 20.4 Å². The van der Waals surface area contributed by atoms with Crippen molar-refractivity contribution in [3.8, 4) is 0 Å². The Morgan fingerprint density at radius 3 is 2.03 bits per heavy atom. The van der Waals surface area contributed by atoms with Gasteiger partial charge in [-0.25, -0.2) is 0 Å². The fourth-order valence-electron chi connectivity index (χ4n) is 3.16. The van der Waals surface area contributed by atoms with Gasteiger partial charge in [-0.1, -0.05) is 27.7 Å². The average Bonchev–Trinajstić information content (AvgIpc) is 2.66. The van der Waals surface area contributed by atoms with Gasteiger partial charge in [0.1, 0.15) is 6.04 Å². The maximum Gasteiger partial charge on any atom is 0.405 e. The second-order valence-corrected chi connectivity index (χ2v) is 8.55. The van der Waals surface area contributed by atoms with Gasteiger partial charge in [-0.05, 0) is 18.3 Å². The third-order valence-corrected chi connectivity index (χ3v) is 4.91. The molecule has 0 radical (unpaired) electrons. The predicted octanol–water partition coefficient (Wildman–Crippen LogP) is 2.25. The summed E-state index contributed by atoms with van der Waals surface area (Å²) in [5.74, 6) is 1.01. The molecule has 1 atom stereocenters. The molecule has 2 heterocycles. The first-order chi connectivity index (χ1) is 13.5. The van der Waals surface area contributed by atoms with E-state index in [1.807, 2.05) is 18.7 Å². The van der Waals surface area contributed by atoms with E-state index < -0.39 is 12.2 Å². The number of carbonyl (C=O) groups is 2. The smallest absolute Gasteiger partial charge is 0.340 e. The van der Waals surface area contributed by atoms with Crippen LogP contribution in [0.25, 0.3) is 0 Å². The lowest BCUT2D eigenvalue weighted by Gasteiger charge is -2.34. The first-order valence-corrected chi connectivity index (χ1v) is 10.6. The van der Waals surface area contributed by atoms with Crippen molar-refractivity contribution >= 4 is 11.8 Å². The zero-order valence-electron chi connectivity index (χ0n) is 18.1. The molecule has 2 N–H and O–H groups in total. The summed E-state index contributed by atoms with van der Waals surface area (Å²) >= 11 is 0. The summed E-state index contributed by atoms with van der Waals surface area (Å²) in [4.78, 5) is 26.5. The standard InChI is InChI=1S/C11H19F3N2O.C9H18N2O/c1-8(2)3-4-10(17)16-6-5-15-9(7-16)11(12,13)14;1-8(2)7-9(12)11-5-3-10-4-6-11/h8-9,15H,3-7H2,1-2H3;8,10H,3-7H2,1-2H3. The number of hydrogen-bond acceptors (Lipinski definition) is 4. The zero-order chi connectivity index (χ0) is 22.0. The third-order valence-electron chi connectivity index (χ3n) is 4.91. The molecule has 2 amide bonds. The molecular formula is C20H37F3N4O2. The summed E-state index contributed by atoms with van der Waals surface area (Å²) in [5, 5.41) is 5.62. The SMILES string of the molecule is CC(C)CC(=O)N1CCNCC1.CC(C)CCC(=O)N1CCNC(C(F)(F)F)C1. The number of rotatable bonds is 5. The minimum Gasteiger partial charge on any atom is -0.340 e. The zero-order valence-corrected chi connectivity index (χ0v) is 18.1. The maximum absolute atomic E-state index is 12.5. The van der Waals surface area contributed by atoms with Crippen LogP contribution in [0.15, 0.2) is 0 Å². The Hall–Kier alpha value is -1.35. The molecule has 0 aliphatic carbocycles. The molecule has 29 heavy (non-hydrogen) atoms. The van der Waals surface area contributed by atoms with Crippen LogP contribution in [0.1, 0.15) is 47.0 Å². The van der Waals surface area contributed by atoms with E-state index in [-0.39, 0.29) is 19.0 Å². The Bertz CT molecular complexity index is 506. The van der Waals surface area contributed by atoms with Gasteiger partial charge in [0, 0.05) is 58.7 Å². The van der Waals surface area contributed by atoms with Crippen molar-refractivity contribution in [2.75, 3.05) is 45.8 Å². The largest absolute Gasteiger partial charge is 0.405 e. The quantitative estimate of drug-likeness (QED) is 0.713. The molecule has 2 aliphatic rings. The lowest BCUT2D eigenvalue weighted by Crippen LogP contribution is -2.58. The van der Waals surface area contributed by atoms with Crippen LogP contribution in [0, 0.1) is 11.8 Å². The number of nitrogens with one attached hydrogen (secondary N) is 2. The van der Waals surface area contributed by atoms with E-state index in [1.54, 1.807) is 0 Å². The van der Waals surface area contributed by atoms with E-state index in [0.29, 0.717) is 37.1 Å². The highest BCUT2D eigenvalue weighted by Crippen LogP contribution is 2.23. The number of hydrogen-bond donors (Lipinski definition) is 2. The highest BCUT2D eigenvalue weighted by atomic mass is 19.4. The van der Waals surface area contributed by atoms with Crippen LogP contribution in [0.2, 0.25) is 0 Å². The summed E-state index contributed by atoms with van der Waals surface area (Å²) < 4.78 is 37.5. The first-order valence-electron chi connectivity index (χ1n) is 10.6. The average molecular weight is 423 g/mol. The summed E-state index contributed by atoms with van der Waals surface area (Å²) in [6, 6.07) is -1.58. The molecule has 170 valence electrons. The number of piperazine rings is 2. The monoisotopic (exact) mass is 422 g/mol. The summed E-state index contributed by atoms with van der Waals surface area (Å²) in [7, 11) is 0.